The molecule has 0 fully saturated rings. The van der Waals surface area contributed by atoms with E-state index in [0.29, 0.717) is 6.54 Å². The number of nitriles is 2. The van der Waals surface area contributed by atoms with Crippen molar-refractivity contribution in [3.8, 4) is 12.1 Å². The molecule has 0 saturated carbocycles. The van der Waals surface area contributed by atoms with E-state index in [4.69, 9.17) is 10.5 Å². The van der Waals surface area contributed by atoms with Crippen LogP contribution in [0.2, 0.25) is 0 Å². The lowest BCUT2D eigenvalue weighted by Gasteiger charge is -2.32. The summed E-state index contributed by atoms with van der Waals surface area (Å²) in [4.78, 5) is 1.64. The second-order valence-electron chi connectivity index (χ2n) is 3.97. The summed E-state index contributed by atoms with van der Waals surface area (Å²) in [6, 6.07) is 3.96. The van der Waals surface area contributed by atoms with E-state index in [1.807, 2.05) is 26.0 Å². The lowest BCUT2D eigenvalue weighted by Crippen LogP contribution is -2.44. The molecule has 0 rings (SSSR count). The van der Waals surface area contributed by atoms with Gasteiger partial charge in [-0.1, -0.05) is 13.8 Å². The Labute approximate surface area is 85.4 Å². The minimum atomic E-state index is -0.853. The van der Waals surface area contributed by atoms with Gasteiger partial charge >= 0.3 is 0 Å². The molecule has 0 bridgehead atoms. The first-order valence-corrected chi connectivity index (χ1v) is 4.62. The van der Waals surface area contributed by atoms with Gasteiger partial charge in [-0.05, 0) is 12.8 Å². The third kappa shape index (κ3) is 4.23. The second-order valence-corrected chi connectivity index (χ2v) is 3.97. The molecule has 1 unspecified atom stereocenters. The highest BCUT2D eigenvalue weighted by Gasteiger charge is 2.27. The monoisotopic (exact) mass is 195 g/mol. The number of hydrogen-bond donors (Lipinski definition) is 1. The van der Waals surface area contributed by atoms with Crippen LogP contribution in [0.15, 0.2) is 0 Å². The highest BCUT2D eigenvalue weighted by molar-refractivity contribution is 4.89. The van der Waals surface area contributed by atoms with Crippen molar-refractivity contribution in [2.45, 2.75) is 26.4 Å². The normalized spacial score (nSPS) is 14.9. The van der Waals surface area contributed by atoms with Crippen molar-refractivity contribution < 1.29 is 5.11 Å². The van der Waals surface area contributed by atoms with Crippen molar-refractivity contribution in [2.24, 2.45) is 5.92 Å². The van der Waals surface area contributed by atoms with Crippen molar-refractivity contribution in [3.05, 3.63) is 0 Å². The van der Waals surface area contributed by atoms with Crippen molar-refractivity contribution in [3.63, 3.8) is 0 Å². The van der Waals surface area contributed by atoms with Gasteiger partial charge in [-0.2, -0.15) is 10.5 Å². The third-order valence-electron chi connectivity index (χ3n) is 2.38. The molecule has 0 spiro atoms. The Bertz CT molecular complexity index is 231. The van der Waals surface area contributed by atoms with Crippen LogP contribution in [0, 0.1) is 28.6 Å². The molecule has 0 heterocycles. The van der Waals surface area contributed by atoms with Crippen LogP contribution in [0.5, 0.6) is 0 Å². The van der Waals surface area contributed by atoms with Crippen LogP contribution in [0.1, 0.15) is 20.8 Å². The lowest BCUT2D eigenvalue weighted by molar-refractivity contribution is -0.0132. The summed E-state index contributed by atoms with van der Waals surface area (Å²) in [6.07, 6.45) is 0. The Balaban J connectivity index is 4.30. The van der Waals surface area contributed by atoms with Gasteiger partial charge in [0, 0.05) is 6.54 Å². The Morgan fingerprint density at radius 1 is 1.29 bits per heavy atom. The molecule has 0 aliphatic carbocycles. The first-order valence-electron chi connectivity index (χ1n) is 4.62. The summed E-state index contributed by atoms with van der Waals surface area (Å²) in [5.41, 5.74) is -0.853. The van der Waals surface area contributed by atoms with Crippen LogP contribution < -0.4 is 0 Å². The summed E-state index contributed by atoms with van der Waals surface area (Å²) in [5, 5.41) is 27.0. The molecule has 0 aromatic heterocycles. The van der Waals surface area contributed by atoms with E-state index in [1.165, 1.54) is 0 Å². The van der Waals surface area contributed by atoms with Gasteiger partial charge in [0.2, 0.25) is 0 Å². The van der Waals surface area contributed by atoms with Crippen LogP contribution >= 0.6 is 0 Å². The SMILES string of the molecule is CC(C)C(C)(O)CN(CC#N)CC#N. The zero-order chi connectivity index (χ0) is 11.2. The van der Waals surface area contributed by atoms with E-state index in [-0.39, 0.29) is 19.0 Å². The molecule has 1 atom stereocenters. The smallest absolute Gasteiger partial charge is 0.0875 e. The molecule has 1 N–H and O–H groups in total. The number of hydrogen-bond acceptors (Lipinski definition) is 4. The average molecular weight is 195 g/mol. The number of aliphatic hydroxyl groups is 1. The maximum absolute atomic E-state index is 9.95. The fourth-order valence-corrected chi connectivity index (χ4v) is 1.00. The van der Waals surface area contributed by atoms with Gasteiger partial charge in [0.25, 0.3) is 0 Å². The van der Waals surface area contributed by atoms with Crippen LogP contribution in [0.3, 0.4) is 0 Å². The molecule has 0 aliphatic heterocycles. The van der Waals surface area contributed by atoms with E-state index in [0.717, 1.165) is 0 Å². The predicted molar refractivity (Wildman–Crippen MR) is 53.1 cm³/mol. The molecule has 0 amide bonds. The molecule has 0 aliphatic rings. The second kappa shape index (κ2) is 5.59. The molecule has 0 aromatic rings. The Morgan fingerprint density at radius 3 is 2.00 bits per heavy atom. The first kappa shape index (κ1) is 12.9. The first-order chi connectivity index (χ1) is 6.44. The Hall–Kier alpha value is -1.10. The van der Waals surface area contributed by atoms with Crippen LogP contribution in [0.4, 0.5) is 0 Å². The zero-order valence-corrected chi connectivity index (χ0v) is 8.99. The highest BCUT2D eigenvalue weighted by Crippen LogP contribution is 2.17. The van der Waals surface area contributed by atoms with Crippen molar-refractivity contribution in [1.82, 2.24) is 4.90 Å². The van der Waals surface area contributed by atoms with E-state index >= 15 is 0 Å². The van der Waals surface area contributed by atoms with Gasteiger partial charge in [-0.25, -0.2) is 0 Å². The van der Waals surface area contributed by atoms with Gasteiger partial charge in [0.15, 0.2) is 0 Å². The molecular formula is C10H17N3O. The molecular weight excluding hydrogens is 178 g/mol. The van der Waals surface area contributed by atoms with Gasteiger partial charge in [-0.15, -0.1) is 0 Å². The maximum atomic E-state index is 9.95. The molecule has 0 aromatic carbocycles. The summed E-state index contributed by atoms with van der Waals surface area (Å²) >= 11 is 0. The fourth-order valence-electron chi connectivity index (χ4n) is 1.00. The molecule has 14 heavy (non-hydrogen) atoms. The summed E-state index contributed by atoms with van der Waals surface area (Å²) in [5.74, 6) is 0.0994. The van der Waals surface area contributed by atoms with Gasteiger partial charge < -0.3 is 5.11 Å². The van der Waals surface area contributed by atoms with Crippen molar-refractivity contribution >= 4 is 0 Å². The van der Waals surface area contributed by atoms with Crippen LogP contribution in [-0.4, -0.2) is 35.2 Å². The van der Waals surface area contributed by atoms with Crippen LogP contribution in [0.25, 0.3) is 0 Å². The topological polar surface area (TPSA) is 71.0 Å². The molecule has 0 radical (unpaired) electrons. The molecule has 78 valence electrons. The van der Waals surface area contributed by atoms with Crippen molar-refractivity contribution in [1.29, 1.82) is 10.5 Å². The minimum Gasteiger partial charge on any atom is -0.389 e. The lowest BCUT2D eigenvalue weighted by atomic mass is 9.92. The summed E-state index contributed by atoms with van der Waals surface area (Å²) in [7, 11) is 0. The van der Waals surface area contributed by atoms with Crippen molar-refractivity contribution in [2.75, 3.05) is 19.6 Å². The zero-order valence-electron chi connectivity index (χ0n) is 8.99. The molecule has 0 saturated heterocycles. The van der Waals surface area contributed by atoms with Gasteiger partial charge in [-0.3, -0.25) is 4.90 Å². The molecule has 4 nitrogen and oxygen atoms in total. The average Bonchev–Trinajstić information content (AvgIpc) is 2.04. The minimum absolute atomic E-state index is 0.0994. The Kier molecular flexibility index (Phi) is 5.15. The number of rotatable bonds is 5. The maximum Gasteiger partial charge on any atom is 0.0875 e. The third-order valence-corrected chi connectivity index (χ3v) is 2.38. The molecule has 4 heteroatoms. The Morgan fingerprint density at radius 2 is 1.71 bits per heavy atom. The number of nitrogens with zero attached hydrogens (tertiary/aromatic N) is 3. The van der Waals surface area contributed by atoms with E-state index in [1.54, 1.807) is 11.8 Å². The van der Waals surface area contributed by atoms with Gasteiger partial charge in [0.05, 0.1) is 30.8 Å². The van der Waals surface area contributed by atoms with E-state index < -0.39 is 5.60 Å². The quantitative estimate of drug-likeness (QED) is 0.657. The predicted octanol–water partition coefficient (Wildman–Crippen LogP) is 0.743. The largest absolute Gasteiger partial charge is 0.389 e. The van der Waals surface area contributed by atoms with E-state index in [2.05, 4.69) is 0 Å². The summed E-state index contributed by atoms with van der Waals surface area (Å²) in [6.45, 7) is 6.26. The van der Waals surface area contributed by atoms with Crippen LogP contribution in [-0.2, 0) is 0 Å². The van der Waals surface area contributed by atoms with E-state index in [9.17, 15) is 5.11 Å². The summed E-state index contributed by atoms with van der Waals surface area (Å²) < 4.78 is 0. The standard InChI is InChI=1S/C10H17N3O/c1-9(2)10(3,14)8-13(6-4-11)7-5-12/h9,14H,6-8H2,1-3H3. The fraction of sp³-hybridized carbons (Fsp3) is 0.800. The van der Waals surface area contributed by atoms with Gasteiger partial charge in [0.1, 0.15) is 0 Å². The highest BCUT2D eigenvalue weighted by atomic mass is 16.3.